The van der Waals surface area contributed by atoms with E-state index in [9.17, 15) is 9.90 Å². The average molecular weight is 346 g/mol. The Labute approximate surface area is 152 Å². The lowest BCUT2D eigenvalue weighted by Gasteiger charge is -2.56. The Morgan fingerprint density at radius 3 is 2.60 bits per heavy atom. The Kier molecular flexibility index (Phi) is 4.20. The van der Waals surface area contributed by atoms with Gasteiger partial charge in [-0.3, -0.25) is 4.79 Å². The Morgan fingerprint density at radius 2 is 1.88 bits per heavy atom. The van der Waals surface area contributed by atoms with Crippen LogP contribution in [0, 0.1) is 34.5 Å². The molecule has 7 atom stereocenters. The molecule has 0 radical (unpaired) electrons. The average Bonchev–Trinajstić information content (AvgIpc) is 2.79. The van der Waals surface area contributed by atoms with Gasteiger partial charge >= 0.3 is 0 Å². The van der Waals surface area contributed by atoms with Crippen molar-refractivity contribution in [3.63, 3.8) is 0 Å². The third-order valence-electron chi connectivity index (χ3n) is 8.53. The highest BCUT2D eigenvalue weighted by molar-refractivity contribution is 5.89. The van der Waals surface area contributed by atoms with Gasteiger partial charge in [0.1, 0.15) is 5.78 Å². The zero-order valence-corrected chi connectivity index (χ0v) is 16.4. The molecule has 3 fully saturated rings. The maximum absolute atomic E-state index is 13.2. The molecule has 0 spiro atoms. The van der Waals surface area contributed by atoms with E-state index in [-0.39, 0.29) is 22.9 Å². The van der Waals surface area contributed by atoms with Gasteiger partial charge < -0.3 is 10.0 Å². The van der Waals surface area contributed by atoms with Crippen molar-refractivity contribution in [3.8, 4) is 0 Å². The SMILES string of the molecule is CN(C)CC1C[C@H]2[C@@H]3CC=C4C[C@@H](O)CC[C@]4(C)[C@H]3CC[C@]2(C)C1=O. The molecular weight excluding hydrogens is 310 g/mol. The van der Waals surface area contributed by atoms with Crippen molar-refractivity contribution in [2.24, 2.45) is 34.5 Å². The van der Waals surface area contributed by atoms with E-state index in [4.69, 9.17) is 0 Å². The molecule has 0 saturated heterocycles. The summed E-state index contributed by atoms with van der Waals surface area (Å²) in [4.78, 5) is 15.4. The molecule has 1 unspecified atom stereocenters. The molecule has 4 rings (SSSR count). The van der Waals surface area contributed by atoms with E-state index in [1.165, 1.54) is 12.0 Å². The van der Waals surface area contributed by atoms with Crippen LogP contribution >= 0.6 is 0 Å². The molecule has 0 heterocycles. The summed E-state index contributed by atoms with van der Waals surface area (Å²) in [6.45, 7) is 5.64. The van der Waals surface area contributed by atoms with E-state index >= 15 is 0 Å². The number of ketones is 1. The first-order chi connectivity index (χ1) is 11.8. The van der Waals surface area contributed by atoms with E-state index in [1.54, 1.807) is 0 Å². The van der Waals surface area contributed by atoms with Crippen molar-refractivity contribution in [1.29, 1.82) is 0 Å². The summed E-state index contributed by atoms with van der Waals surface area (Å²) in [6, 6.07) is 0. The molecule has 25 heavy (non-hydrogen) atoms. The highest BCUT2D eigenvalue weighted by atomic mass is 16.3. The van der Waals surface area contributed by atoms with Gasteiger partial charge in [-0.25, -0.2) is 0 Å². The number of carbonyl (C=O) groups excluding carboxylic acids is 1. The van der Waals surface area contributed by atoms with E-state index in [2.05, 4.69) is 38.9 Å². The quantitative estimate of drug-likeness (QED) is 0.776. The summed E-state index contributed by atoms with van der Waals surface area (Å²) in [5.41, 5.74) is 1.70. The van der Waals surface area contributed by atoms with Crippen molar-refractivity contribution in [2.75, 3.05) is 20.6 Å². The molecule has 0 aromatic carbocycles. The van der Waals surface area contributed by atoms with Crippen LogP contribution in [0.5, 0.6) is 0 Å². The standard InChI is InChI=1S/C22H35NO2/c1-21-9-7-16(24)12-15(21)5-6-17-18(21)8-10-22(2)19(17)11-14(20(22)25)13-23(3)4/h5,14,16-19,24H,6-13H2,1-4H3/t14?,16-,17+,18-,19-,21-,22-/m0/s1. The smallest absolute Gasteiger partial charge is 0.143 e. The molecule has 0 amide bonds. The summed E-state index contributed by atoms with van der Waals surface area (Å²) in [6.07, 6.45) is 9.77. The number of allylic oxidation sites excluding steroid dienone is 1. The fourth-order valence-corrected chi connectivity index (χ4v) is 7.18. The van der Waals surface area contributed by atoms with Crippen LogP contribution in [0.4, 0.5) is 0 Å². The number of hydrogen-bond acceptors (Lipinski definition) is 3. The molecule has 4 aliphatic rings. The van der Waals surface area contributed by atoms with Crippen molar-refractivity contribution in [2.45, 2.75) is 64.9 Å². The second kappa shape index (κ2) is 5.92. The predicted octanol–water partition coefficient (Wildman–Crippen LogP) is 3.67. The number of aliphatic hydroxyl groups excluding tert-OH is 1. The zero-order valence-electron chi connectivity index (χ0n) is 16.4. The third kappa shape index (κ3) is 2.56. The highest BCUT2D eigenvalue weighted by Crippen LogP contribution is 2.64. The minimum absolute atomic E-state index is 0.0856. The lowest BCUT2D eigenvalue weighted by Crippen LogP contribution is -2.50. The van der Waals surface area contributed by atoms with E-state index in [0.717, 1.165) is 45.1 Å². The van der Waals surface area contributed by atoms with Gasteiger partial charge in [0, 0.05) is 17.9 Å². The number of Topliss-reactive ketones (excluding diaryl/α,β-unsaturated/α-hetero) is 1. The van der Waals surface area contributed by atoms with Gasteiger partial charge in [-0.2, -0.15) is 0 Å². The van der Waals surface area contributed by atoms with Crippen LogP contribution in [0.25, 0.3) is 0 Å². The van der Waals surface area contributed by atoms with Crippen LogP contribution in [-0.2, 0) is 4.79 Å². The summed E-state index contributed by atoms with van der Waals surface area (Å²) in [7, 11) is 4.18. The molecule has 0 bridgehead atoms. The van der Waals surface area contributed by atoms with Crippen LogP contribution in [-0.4, -0.2) is 42.5 Å². The monoisotopic (exact) mass is 345 g/mol. The lowest BCUT2D eigenvalue weighted by atomic mass is 9.48. The number of nitrogens with zero attached hydrogens (tertiary/aromatic N) is 1. The molecule has 4 aliphatic carbocycles. The maximum atomic E-state index is 13.2. The van der Waals surface area contributed by atoms with Crippen LogP contribution in [0.15, 0.2) is 11.6 Å². The molecule has 0 aromatic heterocycles. The summed E-state index contributed by atoms with van der Waals surface area (Å²) < 4.78 is 0. The van der Waals surface area contributed by atoms with Gasteiger partial charge in [-0.15, -0.1) is 0 Å². The number of carbonyl (C=O) groups is 1. The number of fused-ring (bicyclic) bond motifs is 5. The van der Waals surface area contributed by atoms with Crippen LogP contribution in [0.2, 0.25) is 0 Å². The van der Waals surface area contributed by atoms with Crippen molar-refractivity contribution in [3.05, 3.63) is 11.6 Å². The normalized spacial score (nSPS) is 49.4. The minimum Gasteiger partial charge on any atom is -0.393 e. The number of aliphatic hydroxyl groups is 1. The molecule has 3 nitrogen and oxygen atoms in total. The fourth-order valence-electron chi connectivity index (χ4n) is 7.18. The molecule has 3 heteroatoms. The summed E-state index contributed by atoms with van der Waals surface area (Å²) >= 11 is 0. The highest BCUT2D eigenvalue weighted by Gasteiger charge is 2.60. The van der Waals surface area contributed by atoms with E-state index < -0.39 is 0 Å². The Balaban J connectivity index is 1.63. The van der Waals surface area contributed by atoms with Gasteiger partial charge in [-0.1, -0.05) is 25.5 Å². The van der Waals surface area contributed by atoms with Crippen LogP contribution in [0.3, 0.4) is 0 Å². The first-order valence-corrected chi connectivity index (χ1v) is 10.3. The van der Waals surface area contributed by atoms with Gasteiger partial charge in [0.2, 0.25) is 0 Å². The Bertz CT molecular complexity index is 597. The van der Waals surface area contributed by atoms with Gasteiger partial charge in [0.05, 0.1) is 6.10 Å². The van der Waals surface area contributed by atoms with E-state index in [1.807, 2.05) is 0 Å². The number of rotatable bonds is 2. The molecule has 0 aromatic rings. The fraction of sp³-hybridized carbons (Fsp3) is 0.864. The molecule has 3 saturated carbocycles. The maximum Gasteiger partial charge on any atom is 0.143 e. The molecule has 0 aliphatic heterocycles. The minimum atomic E-state index is -0.137. The first-order valence-electron chi connectivity index (χ1n) is 10.3. The predicted molar refractivity (Wildman–Crippen MR) is 100 cm³/mol. The van der Waals surface area contributed by atoms with Crippen LogP contribution in [0.1, 0.15) is 58.8 Å². The molecule has 140 valence electrons. The summed E-state index contributed by atoms with van der Waals surface area (Å²) in [5.74, 6) is 2.71. The summed E-state index contributed by atoms with van der Waals surface area (Å²) in [5, 5.41) is 10.1. The molecular formula is C22H35NO2. The third-order valence-corrected chi connectivity index (χ3v) is 8.53. The Hall–Kier alpha value is -0.670. The van der Waals surface area contributed by atoms with Gasteiger partial charge in [0.25, 0.3) is 0 Å². The van der Waals surface area contributed by atoms with Crippen LogP contribution < -0.4 is 0 Å². The zero-order chi connectivity index (χ0) is 18.0. The largest absolute Gasteiger partial charge is 0.393 e. The lowest BCUT2D eigenvalue weighted by molar-refractivity contribution is -0.134. The Morgan fingerprint density at radius 1 is 1.16 bits per heavy atom. The van der Waals surface area contributed by atoms with Crippen molar-refractivity contribution < 1.29 is 9.90 Å². The second-order valence-corrected chi connectivity index (χ2v) is 10.2. The van der Waals surface area contributed by atoms with Gasteiger partial charge in [0.15, 0.2) is 0 Å². The number of hydrogen-bond donors (Lipinski definition) is 1. The van der Waals surface area contributed by atoms with Gasteiger partial charge in [-0.05, 0) is 82.2 Å². The first kappa shape index (κ1) is 17.7. The van der Waals surface area contributed by atoms with Crippen molar-refractivity contribution >= 4 is 5.78 Å². The second-order valence-electron chi connectivity index (χ2n) is 10.2. The van der Waals surface area contributed by atoms with E-state index in [0.29, 0.717) is 23.5 Å². The topological polar surface area (TPSA) is 40.5 Å². The van der Waals surface area contributed by atoms with Crippen molar-refractivity contribution in [1.82, 2.24) is 4.90 Å². The molecule has 1 N–H and O–H groups in total.